The molecule has 1 N–H and O–H groups in total. The Bertz CT molecular complexity index is 863. The van der Waals surface area contributed by atoms with E-state index in [-0.39, 0.29) is 17.4 Å². The van der Waals surface area contributed by atoms with E-state index in [1.807, 2.05) is 29.2 Å². The summed E-state index contributed by atoms with van der Waals surface area (Å²) in [4.78, 5) is 19.5. The molecule has 1 aliphatic heterocycles. The molecule has 1 saturated heterocycles. The van der Waals surface area contributed by atoms with Gasteiger partial charge in [-0.25, -0.2) is 4.98 Å². The summed E-state index contributed by atoms with van der Waals surface area (Å²) in [5.41, 5.74) is 1.76. The predicted molar refractivity (Wildman–Crippen MR) is 118 cm³/mol. The van der Waals surface area contributed by atoms with Gasteiger partial charge in [0.2, 0.25) is 11.8 Å². The van der Waals surface area contributed by atoms with Crippen LogP contribution < -0.4 is 0 Å². The summed E-state index contributed by atoms with van der Waals surface area (Å²) < 4.78 is 6.34. The molecule has 0 radical (unpaired) electrons. The molecule has 1 aromatic heterocycles. The van der Waals surface area contributed by atoms with Crippen LogP contribution in [0.25, 0.3) is 11.3 Å². The van der Waals surface area contributed by atoms with E-state index in [2.05, 4.69) is 6.92 Å². The summed E-state index contributed by atoms with van der Waals surface area (Å²) >= 11 is 6.08. The zero-order valence-electron chi connectivity index (χ0n) is 17.7. The number of nitrogens with zero attached hydrogens (tertiary/aromatic N) is 2. The van der Waals surface area contributed by atoms with Crippen LogP contribution in [0.15, 0.2) is 28.7 Å². The molecule has 1 aromatic carbocycles. The number of carbonyl (C=O) groups is 1. The number of halogens is 1. The van der Waals surface area contributed by atoms with Crippen molar-refractivity contribution in [2.45, 2.75) is 76.2 Å². The van der Waals surface area contributed by atoms with Gasteiger partial charge < -0.3 is 14.4 Å². The second kappa shape index (κ2) is 9.11. The van der Waals surface area contributed by atoms with Crippen LogP contribution >= 0.6 is 11.6 Å². The molecule has 6 heteroatoms. The lowest BCUT2D eigenvalue weighted by molar-refractivity contribution is -0.133. The molecule has 2 aromatic rings. The summed E-state index contributed by atoms with van der Waals surface area (Å²) in [6.07, 6.45) is 7.79. The molecule has 2 heterocycles. The van der Waals surface area contributed by atoms with Gasteiger partial charge in [-0.2, -0.15) is 0 Å². The third-order valence-electron chi connectivity index (χ3n) is 6.67. The summed E-state index contributed by atoms with van der Waals surface area (Å²) in [5, 5.41) is 10.4. The zero-order chi connectivity index (χ0) is 21.1. The van der Waals surface area contributed by atoms with Crippen molar-refractivity contribution in [3.63, 3.8) is 0 Å². The van der Waals surface area contributed by atoms with Gasteiger partial charge in [0, 0.05) is 41.9 Å². The van der Waals surface area contributed by atoms with Gasteiger partial charge in [0.15, 0.2) is 0 Å². The van der Waals surface area contributed by atoms with Gasteiger partial charge in [-0.15, -0.1) is 0 Å². The molecule has 0 unspecified atom stereocenters. The number of aliphatic hydroxyl groups is 1. The Hall–Kier alpha value is -1.85. The van der Waals surface area contributed by atoms with Crippen molar-refractivity contribution in [2.75, 3.05) is 13.1 Å². The van der Waals surface area contributed by atoms with Crippen molar-refractivity contribution in [3.05, 3.63) is 40.9 Å². The lowest BCUT2D eigenvalue weighted by Gasteiger charge is -2.30. The minimum absolute atomic E-state index is 0.0370. The van der Waals surface area contributed by atoms with Crippen LogP contribution in [-0.2, 0) is 16.6 Å². The number of likely N-dealkylation sites (tertiary alicyclic amines) is 1. The van der Waals surface area contributed by atoms with Gasteiger partial charge in [0.25, 0.3) is 0 Å². The minimum atomic E-state index is -0.279. The van der Waals surface area contributed by atoms with Gasteiger partial charge in [0.1, 0.15) is 11.5 Å². The highest BCUT2D eigenvalue weighted by atomic mass is 35.5. The number of aryl methyl sites for hydroxylation is 1. The monoisotopic (exact) mass is 430 g/mol. The average Bonchev–Trinajstić information content (AvgIpc) is 3.19. The molecule has 162 valence electrons. The molecule has 1 amide bonds. The topological polar surface area (TPSA) is 66.6 Å². The largest absolute Gasteiger partial charge is 0.444 e. The number of carbonyl (C=O) groups excluding carboxylic acids is 1. The third kappa shape index (κ3) is 4.73. The molecule has 2 fully saturated rings. The fourth-order valence-electron chi connectivity index (χ4n) is 4.65. The molecule has 1 saturated carbocycles. The number of piperidine rings is 1. The number of benzene rings is 1. The highest BCUT2D eigenvalue weighted by molar-refractivity contribution is 6.30. The third-order valence-corrected chi connectivity index (χ3v) is 6.92. The van der Waals surface area contributed by atoms with Gasteiger partial charge >= 0.3 is 0 Å². The Balaban J connectivity index is 1.55. The maximum Gasteiger partial charge on any atom is 0.223 e. The number of rotatable bonds is 5. The van der Waals surface area contributed by atoms with E-state index in [4.69, 9.17) is 21.0 Å². The Labute approximate surface area is 183 Å². The molecule has 2 aliphatic rings. The Morgan fingerprint density at radius 2 is 1.87 bits per heavy atom. The lowest BCUT2D eigenvalue weighted by atomic mass is 9.75. The van der Waals surface area contributed by atoms with Crippen molar-refractivity contribution in [2.24, 2.45) is 0 Å². The average molecular weight is 431 g/mol. The van der Waals surface area contributed by atoms with E-state index in [0.29, 0.717) is 43.8 Å². The fraction of sp³-hybridized carbons (Fsp3) is 0.583. The zero-order valence-corrected chi connectivity index (χ0v) is 18.5. The smallest absolute Gasteiger partial charge is 0.223 e. The summed E-state index contributed by atoms with van der Waals surface area (Å²) in [7, 11) is 0. The number of hydrogen-bond donors (Lipinski definition) is 1. The van der Waals surface area contributed by atoms with Crippen LogP contribution in [0.4, 0.5) is 0 Å². The van der Waals surface area contributed by atoms with Gasteiger partial charge in [-0.3, -0.25) is 4.79 Å². The van der Waals surface area contributed by atoms with Crippen LogP contribution in [0.2, 0.25) is 5.02 Å². The summed E-state index contributed by atoms with van der Waals surface area (Å²) in [5.74, 6) is 1.70. The predicted octanol–water partition coefficient (Wildman–Crippen LogP) is 5.13. The molecular weight excluding hydrogens is 400 g/mol. The number of hydrogen-bond acceptors (Lipinski definition) is 4. The molecule has 30 heavy (non-hydrogen) atoms. The minimum Gasteiger partial charge on any atom is -0.444 e. The fourth-order valence-corrected chi connectivity index (χ4v) is 4.78. The van der Waals surface area contributed by atoms with Gasteiger partial charge in [-0.1, -0.05) is 49.9 Å². The van der Waals surface area contributed by atoms with Crippen molar-refractivity contribution < 1.29 is 14.3 Å². The van der Waals surface area contributed by atoms with E-state index < -0.39 is 0 Å². The van der Waals surface area contributed by atoms with Crippen molar-refractivity contribution in [3.8, 4) is 11.3 Å². The molecule has 1 aliphatic carbocycles. The molecule has 0 spiro atoms. The van der Waals surface area contributed by atoms with Crippen molar-refractivity contribution in [1.29, 1.82) is 0 Å². The Kier molecular flexibility index (Phi) is 6.49. The first kappa shape index (κ1) is 21.4. The first-order valence-electron chi connectivity index (χ1n) is 11.2. The maximum atomic E-state index is 12.7. The first-order chi connectivity index (χ1) is 14.4. The summed E-state index contributed by atoms with van der Waals surface area (Å²) in [6, 6.07) is 7.65. The van der Waals surface area contributed by atoms with Crippen LogP contribution in [0.3, 0.4) is 0 Å². The molecule has 4 rings (SSSR count). The van der Waals surface area contributed by atoms with Crippen molar-refractivity contribution in [1.82, 2.24) is 9.88 Å². The maximum absolute atomic E-state index is 12.7. The quantitative estimate of drug-likeness (QED) is 0.713. The Morgan fingerprint density at radius 1 is 1.20 bits per heavy atom. The normalized spacial score (nSPS) is 19.8. The van der Waals surface area contributed by atoms with E-state index in [1.165, 1.54) is 19.3 Å². The second-order valence-electron chi connectivity index (χ2n) is 9.03. The standard InChI is InChI=1S/C24H31ClN2O3/c1-24(13-3-2-4-14-24)23-26-22(17-5-7-18(25)8-6-17)20(30-23)9-10-21(29)27-15-11-19(28)12-16-27/h5-8,19,28H,2-4,9-16H2,1H3. The number of oxazole rings is 1. The van der Waals surface area contributed by atoms with E-state index in [0.717, 1.165) is 35.7 Å². The molecule has 0 atom stereocenters. The summed E-state index contributed by atoms with van der Waals surface area (Å²) in [6.45, 7) is 3.51. The van der Waals surface area contributed by atoms with Crippen LogP contribution in [0.5, 0.6) is 0 Å². The molecule has 5 nitrogen and oxygen atoms in total. The second-order valence-corrected chi connectivity index (χ2v) is 9.47. The van der Waals surface area contributed by atoms with E-state index >= 15 is 0 Å². The van der Waals surface area contributed by atoms with Crippen molar-refractivity contribution >= 4 is 17.5 Å². The van der Waals surface area contributed by atoms with Crippen LogP contribution in [0, 0.1) is 0 Å². The SMILES string of the molecule is CC1(c2nc(-c3ccc(Cl)cc3)c(CCC(=O)N3CCC(O)CC3)o2)CCCCC1. The highest BCUT2D eigenvalue weighted by Crippen LogP contribution is 2.40. The van der Waals surface area contributed by atoms with Crippen LogP contribution in [-0.4, -0.2) is 40.1 Å². The van der Waals surface area contributed by atoms with Crippen LogP contribution in [0.1, 0.15) is 69.9 Å². The number of aromatic nitrogens is 1. The highest BCUT2D eigenvalue weighted by Gasteiger charge is 2.35. The Morgan fingerprint density at radius 3 is 2.53 bits per heavy atom. The van der Waals surface area contributed by atoms with E-state index in [9.17, 15) is 9.90 Å². The number of amides is 1. The van der Waals surface area contributed by atoms with Gasteiger partial charge in [0.05, 0.1) is 6.10 Å². The molecular formula is C24H31ClN2O3. The number of aliphatic hydroxyl groups excluding tert-OH is 1. The van der Waals surface area contributed by atoms with Gasteiger partial charge in [-0.05, 0) is 37.8 Å². The lowest BCUT2D eigenvalue weighted by Crippen LogP contribution is -2.40. The molecule has 0 bridgehead atoms. The van der Waals surface area contributed by atoms with E-state index in [1.54, 1.807) is 0 Å². The first-order valence-corrected chi connectivity index (χ1v) is 11.5.